The Morgan fingerprint density at radius 3 is 2.72 bits per heavy atom. The highest BCUT2D eigenvalue weighted by atomic mass is 35.5. The van der Waals surface area contributed by atoms with E-state index < -0.39 is 0 Å². The molecule has 0 aliphatic rings. The monoisotopic (exact) mass is 274 g/mol. The molecule has 0 atom stereocenters. The molecule has 0 aliphatic carbocycles. The Hall–Kier alpha value is -1.45. The number of fused-ring (bicyclic) bond motifs is 1. The molecule has 0 unspecified atom stereocenters. The Balaban J connectivity index is 2.12. The standard InChI is InChI=1S/C14H11ClN2S/c15-9-8-13-16-17-14(18-13)12-7-3-5-10-4-1-2-6-11(10)12/h1-7H,8-9H2. The van der Waals surface area contributed by atoms with E-state index in [0.29, 0.717) is 5.88 Å². The third-order valence-corrected chi connectivity index (χ3v) is 4.00. The van der Waals surface area contributed by atoms with Crippen molar-refractivity contribution in [2.24, 2.45) is 0 Å². The molecular weight excluding hydrogens is 264 g/mol. The van der Waals surface area contributed by atoms with Gasteiger partial charge in [-0.15, -0.1) is 21.8 Å². The number of hydrogen-bond donors (Lipinski definition) is 0. The van der Waals surface area contributed by atoms with Crippen LogP contribution in [-0.4, -0.2) is 16.1 Å². The lowest BCUT2D eigenvalue weighted by Crippen LogP contribution is -1.83. The SMILES string of the molecule is ClCCc1nnc(-c2cccc3ccccc23)s1. The number of halogens is 1. The van der Waals surface area contributed by atoms with Gasteiger partial charge in [0.05, 0.1) is 0 Å². The Labute approximate surface area is 114 Å². The maximum Gasteiger partial charge on any atom is 0.148 e. The van der Waals surface area contributed by atoms with Gasteiger partial charge in [-0.3, -0.25) is 0 Å². The van der Waals surface area contributed by atoms with E-state index in [4.69, 9.17) is 11.6 Å². The van der Waals surface area contributed by atoms with Gasteiger partial charge in [0.2, 0.25) is 0 Å². The molecule has 0 saturated heterocycles. The van der Waals surface area contributed by atoms with Crippen molar-refractivity contribution < 1.29 is 0 Å². The topological polar surface area (TPSA) is 25.8 Å². The van der Waals surface area contributed by atoms with Crippen molar-refractivity contribution in [1.82, 2.24) is 10.2 Å². The van der Waals surface area contributed by atoms with Crippen molar-refractivity contribution in [2.45, 2.75) is 6.42 Å². The molecule has 3 rings (SSSR count). The summed E-state index contributed by atoms with van der Waals surface area (Å²) in [5.74, 6) is 0.587. The van der Waals surface area contributed by atoms with Crippen LogP contribution in [-0.2, 0) is 6.42 Å². The van der Waals surface area contributed by atoms with Gasteiger partial charge in [0.1, 0.15) is 10.0 Å². The number of hydrogen-bond acceptors (Lipinski definition) is 3. The van der Waals surface area contributed by atoms with Gasteiger partial charge in [0.15, 0.2) is 0 Å². The second-order valence-corrected chi connectivity index (χ2v) is 5.41. The van der Waals surface area contributed by atoms with Crippen LogP contribution in [0, 0.1) is 0 Å². The number of benzene rings is 2. The summed E-state index contributed by atoms with van der Waals surface area (Å²) in [4.78, 5) is 0. The van der Waals surface area contributed by atoms with Crippen molar-refractivity contribution in [3.05, 3.63) is 47.5 Å². The summed E-state index contributed by atoms with van der Waals surface area (Å²) in [5, 5.41) is 12.8. The first kappa shape index (κ1) is 11.6. The maximum atomic E-state index is 5.73. The van der Waals surface area contributed by atoms with Crippen LogP contribution < -0.4 is 0 Å². The highest BCUT2D eigenvalue weighted by Gasteiger charge is 2.09. The Morgan fingerprint density at radius 2 is 1.83 bits per heavy atom. The summed E-state index contributed by atoms with van der Waals surface area (Å²) in [6.07, 6.45) is 0.782. The summed E-state index contributed by atoms with van der Waals surface area (Å²) < 4.78 is 0. The molecule has 0 radical (unpaired) electrons. The molecule has 18 heavy (non-hydrogen) atoms. The van der Waals surface area contributed by atoms with Gasteiger partial charge in [-0.05, 0) is 10.8 Å². The highest BCUT2D eigenvalue weighted by Crippen LogP contribution is 2.30. The van der Waals surface area contributed by atoms with Gasteiger partial charge >= 0.3 is 0 Å². The van der Waals surface area contributed by atoms with Gasteiger partial charge in [-0.2, -0.15) is 0 Å². The Bertz CT molecular complexity index is 673. The molecule has 0 fully saturated rings. The second-order valence-electron chi connectivity index (χ2n) is 3.97. The third-order valence-electron chi connectivity index (χ3n) is 2.80. The zero-order valence-corrected chi connectivity index (χ0v) is 11.2. The van der Waals surface area contributed by atoms with Crippen LogP contribution in [0.1, 0.15) is 5.01 Å². The van der Waals surface area contributed by atoms with Crippen LogP contribution in [0.15, 0.2) is 42.5 Å². The fourth-order valence-electron chi connectivity index (χ4n) is 1.96. The predicted octanol–water partition coefficient (Wildman–Crippen LogP) is 4.14. The second kappa shape index (κ2) is 5.04. The van der Waals surface area contributed by atoms with Crippen LogP contribution >= 0.6 is 22.9 Å². The zero-order chi connectivity index (χ0) is 12.4. The molecule has 0 spiro atoms. The molecule has 0 bridgehead atoms. The minimum Gasteiger partial charge on any atom is -0.143 e. The first-order valence-electron chi connectivity index (χ1n) is 5.75. The molecule has 0 aliphatic heterocycles. The molecule has 2 aromatic carbocycles. The van der Waals surface area contributed by atoms with Gasteiger partial charge in [0, 0.05) is 17.9 Å². The number of aromatic nitrogens is 2. The van der Waals surface area contributed by atoms with Crippen LogP contribution in [0.4, 0.5) is 0 Å². The summed E-state index contributed by atoms with van der Waals surface area (Å²) in [6, 6.07) is 14.6. The van der Waals surface area contributed by atoms with E-state index in [1.807, 2.05) is 12.1 Å². The van der Waals surface area contributed by atoms with Crippen LogP contribution in [0.2, 0.25) is 0 Å². The van der Waals surface area contributed by atoms with E-state index in [2.05, 4.69) is 40.5 Å². The van der Waals surface area contributed by atoms with Crippen LogP contribution in [0.3, 0.4) is 0 Å². The van der Waals surface area contributed by atoms with E-state index in [1.54, 1.807) is 11.3 Å². The molecule has 0 N–H and O–H groups in total. The lowest BCUT2D eigenvalue weighted by Gasteiger charge is -2.02. The van der Waals surface area contributed by atoms with Crippen LogP contribution in [0.5, 0.6) is 0 Å². The molecule has 4 heteroatoms. The number of nitrogens with zero attached hydrogens (tertiary/aromatic N) is 2. The van der Waals surface area contributed by atoms with Crippen molar-refractivity contribution in [1.29, 1.82) is 0 Å². The molecule has 0 amide bonds. The van der Waals surface area contributed by atoms with Crippen molar-refractivity contribution in [2.75, 3.05) is 5.88 Å². The average Bonchev–Trinajstić information content (AvgIpc) is 2.87. The first-order valence-corrected chi connectivity index (χ1v) is 7.10. The quantitative estimate of drug-likeness (QED) is 0.671. The highest BCUT2D eigenvalue weighted by molar-refractivity contribution is 7.14. The van der Waals surface area contributed by atoms with Gasteiger partial charge < -0.3 is 0 Å². The largest absolute Gasteiger partial charge is 0.148 e. The maximum absolute atomic E-state index is 5.73. The minimum atomic E-state index is 0.587. The summed E-state index contributed by atoms with van der Waals surface area (Å²) >= 11 is 7.34. The lowest BCUT2D eigenvalue weighted by atomic mass is 10.1. The zero-order valence-electron chi connectivity index (χ0n) is 9.64. The molecule has 90 valence electrons. The third kappa shape index (κ3) is 2.11. The van der Waals surface area contributed by atoms with Crippen molar-refractivity contribution >= 4 is 33.7 Å². The van der Waals surface area contributed by atoms with E-state index in [1.165, 1.54) is 10.8 Å². The van der Waals surface area contributed by atoms with Gasteiger partial charge in [-0.25, -0.2) is 0 Å². The van der Waals surface area contributed by atoms with E-state index in [9.17, 15) is 0 Å². The van der Waals surface area contributed by atoms with Gasteiger partial charge in [-0.1, -0.05) is 53.8 Å². The van der Waals surface area contributed by atoms with Crippen molar-refractivity contribution in [3.63, 3.8) is 0 Å². The lowest BCUT2D eigenvalue weighted by molar-refractivity contribution is 0.990. The smallest absolute Gasteiger partial charge is 0.143 e. The van der Waals surface area contributed by atoms with E-state index in [0.717, 1.165) is 22.0 Å². The van der Waals surface area contributed by atoms with Gasteiger partial charge in [0.25, 0.3) is 0 Å². The summed E-state index contributed by atoms with van der Waals surface area (Å²) in [5.41, 5.74) is 1.14. The summed E-state index contributed by atoms with van der Waals surface area (Å²) in [6.45, 7) is 0. The molecule has 0 saturated carbocycles. The molecule has 2 nitrogen and oxygen atoms in total. The minimum absolute atomic E-state index is 0.587. The summed E-state index contributed by atoms with van der Waals surface area (Å²) in [7, 11) is 0. The normalized spacial score (nSPS) is 10.9. The average molecular weight is 275 g/mol. The first-order chi connectivity index (χ1) is 8.88. The van der Waals surface area contributed by atoms with Crippen molar-refractivity contribution in [3.8, 4) is 10.6 Å². The van der Waals surface area contributed by atoms with E-state index in [-0.39, 0.29) is 0 Å². The fourth-order valence-corrected chi connectivity index (χ4v) is 3.13. The molecule has 3 aromatic rings. The Kier molecular flexibility index (Phi) is 3.26. The molecular formula is C14H11ClN2S. The fraction of sp³-hybridized carbons (Fsp3) is 0.143. The number of aryl methyl sites for hydroxylation is 1. The van der Waals surface area contributed by atoms with Crippen LogP contribution in [0.25, 0.3) is 21.3 Å². The predicted molar refractivity (Wildman–Crippen MR) is 77.3 cm³/mol. The number of rotatable bonds is 3. The van der Waals surface area contributed by atoms with E-state index >= 15 is 0 Å². The number of alkyl halides is 1. The molecule has 1 aromatic heterocycles. The Morgan fingerprint density at radius 1 is 1.00 bits per heavy atom. The molecule has 1 heterocycles.